The Bertz CT molecular complexity index is 976. The van der Waals surface area contributed by atoms with E-state index >= 15 is 0 Å². The molecule has 160 valence electrons. The van der Waals surface area contributed by atoms with Gasteiger partial charge >= 0.3 is 0 Å². The molecule has 1 amide bonds. The monoisotopic (exact) mass is 409 g/mol. The van der Waals surface area contributed by atoms with Crippen LogP contribution in [0.5, 0.6) is 5.75 Å². The van der Waals surface area contributed by atoms with Gasteiger partial charge in [0.15, 0.2) is 0 Å². The number of methoxy groups -OCH3 is 1. The van der Waals surface area contributed by atoms with Crippen molar-refractivity contribution in [1.82, 2.24) is 14.9 Å². The van der Waals surface area contributed by atoms with Crippen LogP contribution in [0.4, 0.5) is 0 Å². The number of ether oxygens (including phenoxy) is 2. The van der Waals surface area contributed by atoms with Crippen molar-refractivity contribution in [3.63, 3.8) is 0 Å². The number of unbranched alkanes of at least 4 members (excludes halogenated alkanes) is 1. The molecule has 0 spiro atoms. The van der Waals surface area contributed by atoms with Crippen molar-refractivity contribution in [2.24, 2.45) is 0 Å². The van der Waals surface area contributed by atoms with E-state index in [4.69, 9.17) is 14.5 Å². The molecule has 6 heteroatoms. The number of benzene rings is 2. The highest BCUT2D eigenvalue weighted by atomic mass is 16.5. The predicted octanol–water partition coefficient (Wildman–Crippen LogP) is 4.34. The van der Waals surface area contributed by atoms with Crippen LogP contribution >= 0.6 is 0 Å². The fourth-order valence-corrected chi connectivity index (χ4v) is 3.71. The Balaban J connectivity index is 1.65. The van der Waals surface area contributed by atoms with Gasteiger partial charge in [-0.3, -0.25) is 4.79 Å². The van der Waals surface area contributed by atoms with Gasteiger partial charge in [0.05, 0.1) is 23.7 Å². The molecule has 0 radical (unpaired) electrons. The molecule has 1 unspecified atom stereocenters. The molecule has 0 saturated carbocycles. The number of nitrogens with zero attached hydrogens (tertiary/aromatic N) is 2. The summed E-state index contributed by atoms with van der Waals surface area (Å²) < 4.78 is 13.2. The number of nitrogens with one attached hydrogen (secondary N) is 1. The highest BCUT2D eigenvalue weighted by Gasteiger charge is 2.18. The van der Waals surface area contributed by atoms with Crippen molar-refractivity contribution in [3.8, 4) is 5.75 Å². The number of fused-ring (bicyclic) bond motifs is 1. The average Bonchev–Trinajstić information content (AvgIpc) is 3.08. The van der Waals surface area contributed by atoms with Crippen LogP contribution in [0, 0.1) is 13.8 Å². The van der Waals surface area contributed by atoms with Gasteiger partial charge in [-0.15, -0.1) is 0 Å². The first-order valence-corrected chi connectivity index (χ1v) is 10.4. The topological polar surface area (TPSA) is 65.4 Å². The maximum absolute atomic E-state index is 12.0. The summed E-state index contributed by atoms with van der Waals surface area (Å²) in [5, 5.41) is 2.96. The summed E-state index contributed by atoms with van der Waals surface area (Å²) in [6.45, 7) is 7.64. The zero-order valence-electron chi connectivity index (χ0n) is 18.3. The molecule has 0 fully saturated rings. The second-order valence-electron chi connectivity index (χ2n) is 7.61. The van der Waals surface area contributed by atoms with Gasteiger partial charge in [-0.2, -0.15) is 0 Å². The Labute approximate surface area is 178 Å². The first-order chi connectivity index (χ1) is 14.5. The number of amides is 1. The molecule has 0 saturated heterocycles. The van der Waals surface area contributed by atoms with Gasteiger partial charge in [0.25, 0.3) is 0 Å². The van der Waals surface area contributed by atoms with Crippen molar-refractivity contribution in [2.45, 2.75) is 46.2 Å². The Kier molecular flexibility index (Phi) is 7.46. The summed E-state index contributed by atoms with van der Waals surface area (Å²) >= 11 is 0. The van der Waals surface area contributed by atoms with E-state index in [2.05, 4.69) is 48.0 Å². The van der Waals surface area contributed by atoms with Crippen LogP contribution in [0.25, 0.3) is 11.0 Å². The molecule has 30 heavy (non-hydrogen) atoms. The minimum Gasteiger partial charge on any atom is -0.493 e. The van der Waals surface area contributed by atoms with Crippen molar-refractivity contribution < 1.29 is 14.3 Å². The molecule has 2 aromatic carbocycles. The summed E-state index contributed by atoms with van der Waals surface area (Å²) in [6, 6.07) is 14.1. The third-order valence-corrected chi connectivity index (χ3v) is 5.16. The van der Waals surface area contributed by atoms with Gasteiger partial charge in [0.1, 0.15) is 18.2 Å². The summed E-state index contributed by atoms with van der Waals surface area (Å²) in [5.74, 6) is 1.70. The minimum absolute atomic E-state index is 0.0419. The van der Waals surface area contributed by atoms with Gasteiger partial charge in [-0.1, -0.05) is 30.3 Å². The lowest BCUT2D eigenvalue weighted by Crippen LogP contribution is -2.31. The third-order valence-electron chi connectivity index (χ3n) is 5.16. The smallest absolute Gasteiger partial charge is 0.246 e. The summed E-state index contributed by atoms with van der Waals surface area (Å²) in [5.41, 5.74) is 4.35. The standard InChI is InChI=1S/C24H31N3O3/c1-17-10-9-11-18(2)23(17)30-15-8-7-14-27-21-13-6-5-12-20(21)26-24(27)19(3)25-22(28)16-29-4/h5-6,9-13,19H,7-8,14-16H2,1-4H3,(H,25,28). The van der Waals surface area contributed by atoms with Gasteiger partial charge in [0.2, 0.25) is 5.91 Å². The predicted molar refractivity (Wildman–Crippen MR) is 119 cm³/mol. The van der Waals surface area contributed by atoms with Gasteiger partial charge in [0, 0.05) is 13.7 Å². The van der Waals surface area contributed by atoms with Gasteiger partial charge in [-0.05, 0) is 56.9 Å². The quantitative estimate of drug-likeness (QED) is 0.506. The van der Waals surface area contributed by atoms with E-state index in [1.54, 1.807) is 0 Å². The largest absolute Gasteiger partial charge is 0.493 e. The second kappa shape index (κ2) is 10.3. The fourth-order valence-electron chi connectivity index (χ4n) is 3.71. The van der Waals surface area contributed by atoms with Crippen LogP contribution in [-0.2, 0) is 16.1 Å². The first kappa shape index (κ1) is 21.8. The van der Waals surface area contributed by atoms with Gasteiger partial charge in [-0.25, -0.2) is 4.98 Å². The van der Waals surface area contributed by atoms with Crippen LogP contribution < -0.4 is 10.1 Å². The van der Waals surface area contributed by atoms with Crippen molar-refractivity contribution in [1.29, 1.82) is 0 Å². The van der Waals surface area contributed by atoms with E-state index in [0.717, 1.165) is 42.0 Å². The summed E-state index contributed by atoms with van der Waals surface area (Å²) in [7, 11) is 1.51. The molecule has 0 aliphatic heterocycles. The van der Waals surface area contributed by atoms with Crippen molar-refractivity contribution in [3.05, 3.63) is 59.4 Å². The van der Waals surface area contributed by atoms with Crippen molar-refractivity contribution in [2.75, 3.05) is 20.3 Å². The Hall–Kier alpha value is -2.86. The number of para-hydroxylation sites is 3. The average molecular weight is 410 g/mol. The molecule has 3 rings (SSSR count). The molecule has 0 bridgehead atoms. The lowest BCUT2D eigenvalue weighted by molar-refractivity contribution is -0.125. The molecule has 1 heterocycles. The van der Waals surface area contributed by atoms with Crippen LogP contribution in [0.3, 0.4) is 0 Å². The summed E-state index contributed by atoms with van der Waals surface area (Å²) in [6.07, 6.45) is 1.89. The Morgan fingerprint density at radius 3 is 2.57 bits per heavy atom. The van der Waals surface area contributed by atoms with E-state index in [9.17, 15) is 4.79 Å². The number of carbonyl (C=O) groups is 1. The number of aryl methyl sites for hydroxylation is 3. The summed E-state index contributed by atoms with van der Waals surface area (Å²) in [4.78, 5) is 16.7. The normalized spacial score (nSPS) is 12.1. The van der Waals surface area contributed by atoms with Crippen LogP contribution in [0.1, 0.15) is 42.8 Å². The SMILES string of the molecule is COCC(=O)NC(C)c1nc2ccccc2n1CCCCOc1c(C)cccc1C. The molecule has 0 aliphatic rings. The molecule has 1 atom stereocenters. The molecule has 0 aliphatic carbocycles. The maximum Gasteiger partial charge on any atom is 0.246 e. The van der Waals surface area contributed by atoms with Crippen LogP contribution in [0.2, 0.25) is 0 Å². The van der Waals surface area contributed by atoms with E-state index in [-0.39, 0.29) is 18.6 Å². The number of hydrogen-bond acceptors (Lipinski definition) is 4. The van der Waals surface area contributed by atoms with E-state index < -0.39 is 0 Å². The van der Waals surface area contributed by atoms with E-state index in [1.165, 1.54) is 18.2 Å². The number of aromatic nitrogens is 2. The molecule has 1 N–H and O–H groups in total. The van der Waals surface area contributed by atoms with Crippen LogP contribution in [0.15, 0.2) is 42.5 Å². The van der Waals surface area contributed by atoms with E-state index in [1.807, 2.05) is 25.1 Å². The van der Waals surface area contributed by atoms with Crippen LogP contribution in [-0.4, -0.2) is 35.8 Å². The molecule has 1 aromatic heterocycles. The Morgan fingerprint density at radius 2 is 1.83 bits per heavy atom. The molecule has 3 aromatic rings. The zero-order chi connectivity index (χ0) is 21.5. The zero-order valence-corrected chi connectivity index (χ0v) is 18.3. The van der Waals surface area contributed by atoms with Crippen molar-refractivity contribution >= 4 is 16.9 Å². The lowest BCUT2D eigenvalue weighted by atomic mass is 10.1. The minimum atomic E-state index is -0.203. The molecule has 6 nitrogen and oxygen atoms in total. The second-order valence-corrected chi connectivity index (χ2v) is 7.61. The van der Waals surface area contributed by atoms with E-state index in [0.29, 0.717) is 6.61 Å². The van der Waals surface area contributed by atoms with Gasteiger partial charge < -0.3 is 19.4 Å². The highest BCUT2D eigenvalue weighted by molar-refractivity contribution is 5.78. The Morgan fingerprint density at radius 1 is 1.10 bits per heavy atom. The third kappa shape index (κ3) is 5.19. The fraction of sp³-hybridized carbons (Fsp3) is 0.417. The highest BCUT2D eigenvalue weighted by Crippen LogP contribution is 2.24. The number of rotatable bonds is 10. The maximum atomic E-state index is 12.0. The number of carbonyl (C=O) groups excluding carboxylic acids is 1. The lowest BCUT2D eigenvalue weighted by Gasteiger charge is -2.16. The first-order valence-electron chi connectivity index (χ1n) is 10.4. The molecular weight excluding hydrogens is 378 g/mol. The number of imidazole rings is 1. The number of hydrogen-bond donors (Lipinski definition) is 1. The molecular formula is C24H31N3O3.